The second-order valence-electron chi connectivity index (χ2n) is 2.02. The third kappa shape index (κ3) is 3.08. The zero-order valence-electron chi connectivity index (χ0n) is 6.13. The second kappa shape index (κ2) is 4.02. The van der Waals surface area contributed by atoms with Gasteiger partial charge in [0.05, 0.1) is 0 Å². The summed E-state index contributed by atoms with van der Waals surface area (Å²) in [6.45, 7) is 2.12. The maximum absolute atomic E-state index is 10.4. The van der Waals surface area contributed by atoms with Crippen molar-refractivity contribution in [2.75, 3.05) is 6.54 Å². The monoisotopic (exact) mass is 170 g/mol. The first-order valence-corrected chi connectivity index (χ1v) is 4.03. The predicted molar refractivity (Wildman–Crippen MR) is 41.1 cm³/mol. The van der Waals surface area contributed by atoms with Crippen LogP contribution in [0.3, 0.4) is 0 Å². The van der Waals surface area contributed by atoms with E-state index in [1.54, 1.807) is 0 Å². The van der Waals surface area contributed by atoms with Gasteiger partial charge in [0.1, 0.15) is 5.01 Å². The molecule has 1 rings (SSSR count). The largest absolute Gasteiger partial charge is 0.356 e. The van der Waals surface area contributed by atoms with Crippen molar-refractivity contribution < 1.29 is 4.79 Å². The van der Waals surface area contributed by atoms with Gasteiger partial charge >= 0.3 is 0 Å². The lowest BCUT2D eigenvalue weighted by molar-refractivity contribution is -0.118. The van der Waals surface area contributed by atoms with E-state index in [9.17, 15) is 4.79 Å². The molecule has 0 fully saturated rings. The summed E-state index contributed by atoms with van der Waals surface area (Å²) in [5.74, 6) is -0.0153. The number of hydrogen-bond acceptors (Lipinski definition) is 4. The molecule has 1 N–H and O–H groups in total. The molecular weight excluding hydrogens is 162 g/mol. The van der Waals surface area contributed by atoms with Gasteiger partial charge in [-0.3, -0.25) is 4.79 Å². The Morgan fingerprint density at radius 3 is 3.18 bits per heavy atom. The van der Waals surface area contributed by atoms with E-state index in [1.807, 2.05) is 0 Å². The Bertz CT molecular complexity index is 222. The molecule has 0 saturated carbocycles. The molecule has 0 aromatic carbocycles. The zero-order valence-corrected chi connectivity index (χ0v) is 6.94. The van der Waals surface area contributed by atoms with E-state index < -0.39 is 0 Å². The van der Waals surface area contributed by atoms with Crippen LogP contribution in [-0.2, 0) is 11.2 Å². The molecule has 0 aliphatic carbocycles. The fourth-order valence-corrected chi connectivity index (χ4v) is 1.09. The summed E-state index contributed by atoms with van der Waals surface area (Å²) in [7, 11) is 0. The summed E-state index contributed by atoms with van der Waals surface area (Å²) >= 11 is 1.38. The maximum Gasteiger partial charge on any atom is 0.216 e. The number of nitrogens with zero attached hydrogens (tertiary/aromatic N) is 2. The molecule has 4 nitrogen and oxygen atoms in total. The highest BCUT2D eigenvalue weighted by Gasteiger charge is 1.96. The lowest BCUT2D eigenvalue weighted by Gasteiger charge is -1.96. The highest BCUT2D eigenvalue weighted by atomic mass is 32.1. The van der Waals surface area contributed by atoms with Gasteiger partial charge in [0.2, 0.25) is 5.91 Å². The Kier molecular flexibility index (Phi) is 2.97. The van der Waals surface area contributed by atoms with E-state index in [4.69, 9.17) is 0 Å². The summed E-state index contributed by atoms with van der Waals surface area (Å²) in [5.41, 5.74) is 2.64. The summed E-state index contributed by atoms with van der Waals surface area (Å²) in [5, 5.41) is 10.9. The highest BCUT2D eigenvalue weighted by Crippen LogP contribution is 1.99. The van der Waals surface area contributed by atoms with Gasteiger partial charge in [-0.2, -0.15) is 0 Å². The summed E-state index contributed by atoms with van der Waals surface area (Å²) in [6.07, 6.45) is 0.737. The average molecular weight is 170 g/mol. The number of amides is 1. The van der Waals surface area contributed by atoms with E-state index in [2.05, 4.69) is 21.0 Å². The van der Waals surface area contributed by atoms with Crippen molar-refractivity contribution in [3.8, 4) is 0 Å². The molecule has 1 aromatic rings. The second-order valence-corrected chi connectivity index (χ2v) is 2.88. The molecule has 59 valence electrons. The van der Waals surface area contributed by atoms with Crippen molar-refractivity contribution >= 4 is 17.2 Å². The number of aromatic nitrogens is 2. The van der Waals surface area contributed by atoms with Crippen LogP contribution >= 0.6 is 11.3 Å². The molecule has 5 heteroatoms. The van der Waals surface area contributed by atoms with Crippen LogP contribution < -0.4 is 5.32 Å². The third-order valence-electron chi connectivity index (χ3n) is 1.08. The van der Waals surface area contributed by atoms with Crippen molar-refractivity contribution in [2.24, 2.45) is 0 Å². The fraction of sp³-hybridized carbons (Fsp3) is 0.500. The molecule has 11 heavy (non-hydrogen) atoms. The number of carbonyl (C=O) groups is 1. The summed E-state index contributed by atoms with van der Waals surface area (Å²) < 4.78 is 0. The minimum absolute atomic E-state index is 0.0153. The number of carbonyl (C=O) groups excluding carboxylic acids is 1. The smallest absolute Gasteiger partial charge is 0.216 e. The van der Waals surface area contributed by atoms with Gasteiger partial charge in [0, 0.05) is 19.9 Å². The highest BCUT2D eigenvalue weighted by molar-refractivity contribution is 7.08. The molecule has 1 heterocycles. The Labute approximate surface area is 68.7 Å². The lowest BCUT2D eigenvalue weighted by Crippen LogP contribution is -2.22. The van der Waals surface area contributed by atoms with Gasteiger partial charge in [0.25, 0.3) is 0 Å². The molecule has 0 aliphatic heterocycles. The maximum atomic E-state index is 10.4. The quantitative estimate of drug-likeness (QED) is 0.695. The minimum atomic E-state index is -0.0153. The first-order chi connectivity index (χ1) is 5.29. The summed E-state index contributed by atoms with van der Waals surface area (Å²) in [4.78, 5) is 10.4. The Hall–Kier alpha value is -0.970. The topological polar surface area (TPSA) is 54.9 Å². The molecule has 1 amide bonds. The van der Waals surface area contributed by atoms with Gasteiger partial charge in [-0.1, -0.05) is 11.3 Å². The van der Waals surface area contributed by atoms with Gasteiger partial charge < -0.3 is 5.32 Å². The number of nitrogens with one attached hydrogen (secondary N) is 1. The lowest BCUT2D eigenvalue weighted by atomic mass is 10.4. The molecule has 0 spiro atoms. The van der Waals surface area contributed by atoms with Crippen LogP contribution in [-0.4, -0.2) is 22.6 Å². The van der Waals surface area contributed by atoms with Gasteiger partial charge in [0.15, 0.2) is 5.51 Å². The first-order valence-electron chi connectivity index (χ1n) is 3.22. The van der Waals surface area contributed by atoms with E-state index in [-0.39, 0.29) is 5.91 Å². The van der Waals surface area contributed by atoms with E-state index >= 15 is 0 Å². The molecule has 0 bridgehead atoms. The zero-order chi connectivity index (χ0) is 8.10. The van der Waals surface area contributed by atoms with Crippen LogP contribution in [0.5, 0.6) is 0 Å². The van der Waals surface area contributed by atoms with Crippen molar-refractivity contribution in [1.29, 1.82) is 0 Å². The van der Waals surface area contributed by atoms with E-state index in [1.165, 1.54) is 18.3 Å². The summed E-state index contributed by atoms with van der Waals surface area (Å²) in [6, 6.07) is 0. The molecule has 0 unspecified atom stereocenters. The van der Waals surface area contributed by atoms with Crippen LogP contribution in [0, 0.1) is 5.51 Å². The molecule has 1 radical (unpaired) electrons. The molecule has 0 saturated heterocycles. The number of rotatable bonds is 3. The van der Waals surface area contributed by atoms with Crippen LogP contribution in [0.2, 0.25) is 0 Å². The van der Waals surface area contributed by atoms with E-state index in [0.717, 1.165) is 11.4 Å². The van der Waals surface area contributed by atoms with Crippen molar-refractivity contribution in [3.05, 3.63) is 10.5 Å². The first kappa shape index (κ1) is 8.13. The Balaban J connectivity index is 2.19. The van der Waals surface area contributed by atoms with Crippen LogP contribution in [0.1, 0.15) is 11.9 Å². The van der Waals surface area contributed by atoms with Crippen molar-refractivity contribution in [1.82, 2.24) is 15.5 Å². The molecule has 1 aromatic heterocycles. The Morgan fingerprint density at radius 1 is 1.82 bits per heavy atom. The predicted octanol–water partition coefficient (Wildman–Crippen LogP) is 0.0169. The van der Waals surface area contributed by atoms with Crippen molar-refractivity contribution in [3.63, 3.8) is 0 Å². The Morgan fingerprint density at radius 2 is 2.64 bits per heavy atom. The van der Waals surface area contributed by atoms with Crippen LogP contribution in [0.15, 0.2) is 0 Å². The van der Waals surface area contributed by atoms with Gasteiger partial charge in [-0.25, -0.2) is 0 Å². The van der Waals surface area contributed by atoms with Crippen LogP contribution in [0.4, 0.5) is 0 Å². The average Bonchev–Trinajstić information content (AvgIpc) is 2.39. The van der Waals surface area contributed by atoms with Crippen molar-refractivity contribution in [2.45, 2.75) is 13.3 Å². The van der Waals surface area contributed by atoms with Gasteiger partial charge in [-0.15, -0.1) is 10.2 Å². The van der Waals surface area contributed by atoms with Gasteiger partial charge in [-0.05, 0) is 0 Å². The SMILES string of the molecule is CC(=O)NCCc1nn[c]s1. The standard InChI is InChI=1S/C6H8N3OS/c1-5(10)7-3-2-6-9-8-4-11-6/h2-3H2,1H3,(H,7,10). The molecule has 0 aliphatic rings. The molecular formula is C6H8N3OS. The molecule has 0 atom stereocenters. The normalized spacial score (nSPS) is 9.55. The van der Waals surface area contributed by atoms with E-state index in [0.29, 0.717) is 6.54 Å². The fourth-order valence-electron chi connectivity index (χ4n) is 0.616. The number of hydrogen-bond donors (Lipinski definition) is 1. The third-order valence-corrected chi connectivity index (χ3v) is 1.77. The van der Waals surface area contributed by atoms with Crippen LogP contribution in [0.25, 0.3) is 0 Å². The minimum Gasteiger partial charge on any atom is -0.356 e.